The first kappa shape index (κ1) is 22.6. The van der Waals surface area contributed by atoms with Crippen LogP contribution >= 0.6 is 11.3 Å². The monoisotopic (exact) mass is 445 g/mol. The van der Waals surface area contributed by atoms with Crippen molar-refractivity contribution in [3.8, 4) is 11.5 Å². The number of hydrazine groups is 1. The quantitative estimate of drug-likeness (QED) is 0.593. The average Bonchev–Trinajstić information content (AvgIpc) is 3.17. The number of hydrogen-bond donors (Lipinski definition) is 3. The Bertz CT molecular complexity index is 931. The van der Waals surface area contributed by atoms with Gasteiger partial charge >= 0.3 is 0 Å². The van der Waals surface area contributed by atoms with Gasteiger partial charge in [-0.2, -0.15) is 0 Å². The summed E-state index contributed by atoms with van der Waals surface area (Å²) >= 11 is 1.48. The second-order valence-electron chi connectivity index (χ2n) is 7.23. The molecule has 1 aromatic heterocycles. The second kappa shape index (κ2) is 10.8. The lowest BCUT2D eigenvalue weighted by Crippen LogP contribution is -2.46. The van der Waals surface area contributed by atoms with Gasteiger partial charge in [-0.05, 0) is 55.5 Å². The van der Waals surface area contributed by atoms with Gasteiger partial charge < -0.3 is 14.8 Å². The molecule has 1 aliphatic carbocycles. The van der Waals surface area contributed by atoms with Crippen molar-refractivity contribution in [2.75, 3.05) is 20.8 Å². The highest BCUT2D eigenvalue weighted by molar-refractivity contribution is 7.14. The molecule has 3 rings (SSSR count). The zero-order valence-electron chi connectivity index (χ0n) is 17.7. The molecule has 2 aromatic rings. The molecule has 3 amide bonds. The number of methoxy groups -OCH3 is 2. The number of ether oxygens (including phenoxy) is 2. The molecule has 0 spiro atoms. The summed E-state index contributed by atoms with van der Waals surface area (Å²) in [5.41, 5.74) is 6.33. The van der Waals surface area contributed by atoms with E-state index in [-0.39, 0.29) is 12.5 Å². The third-order valence-electron chi connectivity index (χ3n) is 5.09. The highest BCUT2D eigenvalue weighted by Gasteiger charge is 2.17. The molecule has 166 valence electrons. The van der Waals surface area contributed by atoms with Crippen LogP contribution in [0.3, 0.4) is 0 Å². The van der Waals surface area contributed by atoms with Crippen LogP contribution in [0.25, 0.3) is 0 Å². The van der Waals surface area contributed by atoms with Crippen molar-refractivity contribution in [2.45, 2.75) is 38.5 Å². The zero-order valence-corrected chi connectivity index (χ0v) is 18.5. The Labute approximate surface area is 185 Å². The maximum absolute atomic E-state index is 12.4. The van der Waals surface area contributed by atoms with Crippen LogP contribution in [0.4, 0.5) is 0 Å². The zero-order chi connectivity index (χ0) is 22.2. The van der Waals surface area contributed by atoms with Gasteiger partial charge in [-0.3, -0.25) is 25.2 Å². The van der Waals surface area contributed by atoms with E-state index in [1.54, 1.807) is 12.1 Å². The highest BCUT2D eigenvalue weighted by atomic mass is 32.1. The van der Waals surface area contributed by atoms with E-state index in [0.29, 0.717) is 21.9 Å². The van der Waals surface area contributed by atoms with Crippen LogP contribution < -0.4 is 25.6 Å². The fourth-order valence-corrected chi connectivity index (χ4v) is 4.58. The van der Waals surface area contributed by atoms with E-state index in [0.717, 1.165) is 25.7 Å². The van der Waals surface area contributed by atoms with E-state index in [1.807, 2.05) is 6.07 Å². The number of carbonyl (C=O) groups excluding carboxylic acids is 3. The maximum Gasteiger partial charge on any atom is 0.279 e. The highest BCUT2D eigenvalue weighted by Crippen LogP contribution is 2.29. The first-order valence-electron chi connectivity index (χ1n) is 10.2. The lowest BCUT2D eigenvalue weighted by molar-refractivity contribution is -0.120. The second-order valence-corrected chi connectivity index (χ2v) is 8.36. The largest absolute Gasteiger partial charge is 0.493 e. The van der Waals surface area contributed by atoms with Crippen molar-refractivity contribution >= 4 is 29.1 Å². The SMILES string of the molecule is COc1ccc(C(=O)NCC(=O)NNC(=O)c2cc3c(s2)CCCCCC3)cc1OC. The maximum atomic E-state index is 12.4. The Morgan fingerprint density at radius 2 is 1.65 bits per heavy atom. The number of thiophene rings is 1. The normalized spacial score (nSPS) is 13.2. The summed E-state index contributed by atoms with van der Waals surface area (Å²) in [6, 6.07) is 6.63. The van der Waals surface area contributed by atoms with Crippen LogP contribution in [-0.2, 0) is 17.6 Å². The molecule has 31 heavy (non-hydrogen) atoms. The number of carbonyl (C=O) groups is 3. The van der Waals surface area contributed by atoms with Gasteiger partial charge in [0, 0.05) is 10.4 Å². The number of fused-ring (bicyclic) bond motifs is 1. The molecule has 0 radical (unpaired) electrons. The number of aryl methyl sites for hydroxylation is 2. The Morgan fingerprint density at radius 1 is 0.903 bits per heavy atom. The smallest absolute Gasteiger partial charge is 0.279 e. The fourth-order valence-electron chi connectivity index (χ4n) is 3.43. The number of rotatable bonds is 6. The minimum absolute atomic E-state index is 0.283. The van der Waals surface area contributed by atoms with E-state index < -0.39 is 11.8 Å². The van der Waals surface area contributed by atoms with Crippen molar-refractivity contribution in [1.29, 1.82) is 0 Å². The van der Waals surface area contributed by atoms with Crippen molar-refractivity contribution in [1.82, 2.24) is 16.2 Å². The molecule has 0 saturated heterocycles. The standard InChI is InChI=1S/C22H27N3O5S/c1-29-16-10-9-15(11-17(16)30-2)21(27)23-13-20(26)24-25-22(28)19-12-14-7-5-3-4-6-8-18(14)31-19/h9-12H,3-8,13H2,1-2H3,(H,23,27)(H,24,26)(H,25,28). The molecule has 0 atom stereocenters. The average molecular weight is 446 g/mol. The summed E-state index contributed by atoms with van der Waals surface area (Å²) in [7, 11) is 2.98. The van der Waals surface area contributed by atoms with Gasteiger partial charge in [-0.1, -0.05) is 12.8 Å². The molecule has 1 heterocycles. The summed E-state index contributed by atoms with van der Waals surface area (Å²) in [4.78, 5) is 38.6. The fraction of sp³-hybridized carbons (Fsp3) is 0.409. The molecule has 0 saturated carbocycles. The van der Waals surface area contributed by atoms with Crippen LogP contribution in [0.5, 0.6) is 11.5 Å². The number of benzene rings is 1. The molecular weight excluding hydrogens is 418 g/mol. The summed E-state index contributed by atoms with van der Waals surface area (Å²) in [5.74, 6) is -0.410. The van der Waals surface area contributed by atoms with E-state index >= 15 is 0 Å². The number of hydrogen-bond acceptors (Lipinski definition) is 6. The van der Waals surface area contributed by atoms with Crippen LogP contribution in [0.2, 0.25) is 0 Å². The minimum atomic E-state index is -0.530. The first-order chi connectivity index (χ1) is 15.0. The van der Waals surface area contributed by atoms with Gasteiger partial charge in [-0.15, -0.1) is 11.3 Å². The van der Waals surface area contributed by atoms with Crippen LogP contribution in [-0.4, -0.2) is 38.5 Å². The van der Waals surface area contributed by atoms with E-state index in [2.05, 4.69) is 16.2 Å². The predicted molar refractivity (Wildman–Crippen MR) is 118 cm³/mol. The van der Waals surface area contributed by atoms with Crippen molar-refractivity contribution in [3.05, 3.63) is 45.1 Å². The molecule has 8 nitrogen and oxygen atoms in total. The molecule has 1 aromatic carbocycles. The van der Waals surface area contributed by atoms with Crippen LogP contribution in [0.15, 0.2) is 24.3 Å². The molecule has 0 unspecified atom stereocenters. The molecular formula is C22H27N3O5S. The van der Waals surface area contributed by atoms with Gasteiger partial charge in [-0.25, -0.2) is 0 Å². The Kier molecular flexibility index (Phi) is 7.88. The van der Waals surface area contributed by atoms with Crippen molar-refractivity contribution in [3.63, 3.8) is 0 Å². The van der Waals surface area contributed by atoms with Gasteiger partial charge in [0.1, 0.15) is 0 Å². The van der Waals surface area contributed by atoms with E-state index in [9.17, 15) is 14.4 Å². The van der Waals surface area contributed by atoms with Crippen LogP contribution in [0.1, 0.15) is 56.2 Å². The van der Waals surface area contributed by atoms with Crippen molar-refractivity contribution < 1.29 is 23.9 Å². The van der Waals surface area contributed by atoms with Gasteiger partial charge in [0.15, 0.2) is 11.5 Å². The third kappa shape index (κ3) is 5.97. The summed E-state index contributed by atoms with van der Waals surface area (Å²) < 4.78 is 10.3. The molecule has 0 bridgehead atoms. The third-order valence-corrected chi connectivity index (χ3v) is 6.33. The summed E-state index contributed by atoms with van der Waals surface area (Å²) in [6.07, 6.45) is 6.73. The van der Waals surface area contributed by atoms with Gasteiger partial charge in [0.05, 0.1) is 25.6 Å². The minimum Gasteiger partial charge on any atom is -0.493 e. The molecule has 0 aliphatic heterocycles. The van der Waals surface area contributed by atoms with E-state index in [1.165, 1.54) is 54.9 Å². The Hall–Kier alpha value is -3.07. The molecule has 0 fully saturated rings. The summed E-state index contributed by atoms with van der Waals surface area (Å²) in [5, 5.41) is 2.51. The summed E-state index contributed by atoms with van der Waals surface area (Å²) in [6.45, 7) is -0.283. The Balaban J connectivity index is 1.48. The lowest BCUT2D eigenvalue weighted by Gasteiger charge is -2.10. The predicted octanol–water partition coefficient (Wildman–Crippen LogP) is 2.62. The van der Waals surface area contributed by atoms with Gasteiger partial charge in [0.2, 0.25) is 0 Å². The van der Waals surface area contributed by atoms with Crippen molar-refractivity contribution in [2.24, 2.45) is 0 Å². The number of nitrogens with one attached hydrogen (secondary N) is 3. The molecule has 3 N–H and O–H groups in total. The number of amides is 3. The Morgan fingerprint density at radius 3 is 2.39 bits per heavy atom. The molecule has 1 aliphatic rings. The van der Waals surface area contributed by atoms with Crippen LogP contribution in [0, 0.1) is 0 Å². The lowest BCUT2D eigenvalue weighted by atomic mass is 10.00. The topological polar surface area (TPSA) is 106 Å². The van der Waals surface area contributed by atoms with Gasteiger partial charge in [0.25, 0.3) is 17.7 Å². The first-order valence-corrected chi connectivity index (χ1v) is 11.0. The molecule has 9 heteroatoms. The van der Waals surface area contributed by atoms with E-state index in [4.69, 9.17) is 9.47 Å².